The predicted octanol–water partition coefficient (Wildman–Crippen LogP) is 3.13. The third kappa shape index (κ3) is 3.97. The molecule has 0 saturated heterocycles. The summed E-state index contributed by atoms with van der Waals surface area (Å²) in [6.07, 6.45) is 0.859. The molecule has 0 aliphatic heterocycles. The van der Waals surface area contributed by atoms with Crippen LogP contribution in [0.1, 0.15) is 25.8 Å². The molecule has 0 saturated carbocycles. The van der Waals surface area contributed by atoms with Crippen LogP contribution in [0.5, 0.6) is 0 Å². The highest BCUT2D eigenvalue weighted by Crippen LogP contribution is 2.19. The van der Waals surface area contributed by atoms with Crippen molar-refractivity contribution in [1.29, 1.82) is 5.26 Å². The van der Waals surface area contributed by atoms with Gasteiger partial charge in [0.05, 0.1) is 10.6 Å². The Morgan fingerprint density at radius 1 is 1.59 bits per heavy atom. The fourth-order valence-corrected chi connectivity index (χ4v) is 1.34. The van der Waals surface area contributed by atoms with Gasteiger partial charge in [0.25, 0.3) is 0 Å². The van der Waals surface area contributed by atoms with Gasteiger partial charge >= 0.3 is 6.03 Å². The molecule has 0 aliphatic rings. The van der Waals surface area contributed by atoms with Gasteiger partial charge in [-0.3, -0.25) is 0 Å². The summed E-state index contributed by atoms with van der Waals surface area (Å²) in [4.78, 5) is 11.5. The first-order valence-corrected chi connectivity index (χ1v) is 5.71. The van der Waals surface area contributed by atoms with E-state index >= 15 is 0 Å². The number of benzene rings is 1. The molecule has 0 radical (unpaired) electrons. The number of nitrogens with zero attached hydrogens (tertiary/aromatic N) is 1. The first kappa shape index (κ1) is 13.3. The van der Waals surface area contributed by atoms with Crippen molar-refractivity contribution in [3.05, 3.63) is 28.8 Å². The molecule has 0 unspecified atom stereocenters. The second kappa shape index (κ2) is 6.12. The lowest BCUT2D eigenvalue weighted by Gasteiger charge is -2.12. The fraction of sp³-hybridized carbons (Fsp3) is 0.333. The summed E-state index contributed by atoms with van der Waals surface area (Å²) in [6, 6.07) is 6.55. The maximum atomic E-state index is 11.5. The van der Waals surface area contributed by atoms with E-state index in [0.29, 0.717) is 16.3 Å². The zero-order valence-corrected chi connectivity index (χ0v) is 10.5. The standard InChI is InChI=1S/C12H14ClN3O/c1-3-8(2)15-12(17)16-10-4-5-11(13)9(6-10)7-14/h4-6,8H,3H2,1-2H3,(H2,15,16,17)/t8-/m1/s1. The van der Waals surface area contributed by atoms with Gasteiger partial charge in [-0.1, -0.05) is 18.5 Å². The van der Waals surface area contributed by atoms with Gasteiger partial charge in [-0.2, -0.15) is 5.26 Å². The second-order valence-electron chi connectivity index (χ2n) is 3.71. The predicted molar refractivity (Wildman–Crippen MR) is 68.1 cm³/mol. The first-order chi connectivity index (χ1) is 8.06. The van der Waals surface area contributed by atoms with Crippen LogP contribution in [0.4, 0.5) is 10.5 Å². The molecule has 0 spiro atoms. The van der Waals surface area contributed by atoms with Crippen molar-refractivity contribution in [2.45, 2.75) is 26.3 Å². The number of anilines is 1. The number of nitriles is 1. The zero-order valence-electron chi connectivity index (χ0n) is 9.75. The molecule has 0 fully saturated rings. The summed E-state index contributed by atoms with van der Waals surface area (Å²) < 4.78 is 0. The van der Waals surface area contributed by atoms with E-state index < -0.39 is 0 Å². The molecule has 1 aromatic carbocycles. The molecule has 0 aromatic heterocycles. The van der Waals surface area contributed by atoms with Gasteiger partial charge in [-0.25, -0.2) is 4.79 Å². The molecule has 1 rings (SSSR count). The largest absolute Gasteiger partial charge is 0.335 e. The molecular weight excluding hydrogens is 238 g/mol. The van der Waals surface area contributed by atoms with Crippen LogP contribution < -0.4 is 10.6 Å². The minimum Gasteiger partial charge on any atom is -0.335 e. The minimum absolute atomic E-state index is 0.109. The van der Waals surface area contributed by atoms with E-state index in [0.717, 1.165) is 6.42 Å². The van der Waals surface area contributed by atoms with Crippen LogP contribution >= 0.6 is 11.6 Å². The van der Waals surface area contributed by atoms with E-state index in [2.05, 4.69) is 10.6 Å². The normalized spacial score (nSPS) is 11.4. The fourth-order valence-electron chi connectivity index (χ4n) is 1.18. The summed E-state index contributed by atoms with van der Waals surface area (Å²) >= 11 is 5.79. The maximum Gasteiger partial charge on any atom is 0.319 e. The number of halogens is 1. The van der Waals surface area contributed by atoms with Crippen molar-refractivity contribution in [3.63, 3.8) is 0 Å². The molecule has 1 atom stereocenters. The summed E-state index contributed by atoms with van der Waals surface area (Å²) in [5.41, 5.74) is 0.889. The topological polar surface area (TPSA) is 64.9 Å². The Morgan fingerprint density at radius 2 is 2.29 bits per heavy atom. The van der Waals surface area contributed by atoms with Crippen molar-refractivity contribution in [1.82, 2.24) is 5.32 Å². The van der Waals surface area contributed by atoms with Gasteiger partial charge in [0.1, 0.15) is 6.07 Å². The van der Waals surface area contributed by atoms with Gasteiger partial charge in [-0.15, -0.1) is 0 Å². The van der Waals surface area contributed by atoms with Crippen LogP contribution in [0.2, 0.25) is 5.02 Å². The van der Waals surface area contributed by atoms with Crippen LogP contribution in [0.3, 0.4) is 0 Å². The molecule has 0 aliphatic carbocycles. The van der Waals surface area contributed by atoms with Crippen LogP contribution in [-0.2, 0) is 0 Å². The van der Waals surface area contributed by atoms with Crippen LogP contribution in [0, 0.1) is 11.3 Å². The Morgan fingerprint density at radius 3 is 2.88 bits per heavy atom. The summed E-state index contributed by atoms with van der Waals surface area (Å²) in [6.45, 7) is 3.91. The van der Waals surface area contributed by atoms with E-state index in [9.17, 15) is 4.79 Å². The molecule has 1 aromatic rings. The van der Waals surface area contributed by atoms with Gasteiger partial charge in [0.15, 0.2) is 0 Å². The molecule has 4 nitrogen and oxygen atoms in total. The number of rotatable bonds is 3. The smallest absolute Gasteiger partial charge is 0.319 e. The molecule has 17 heavy (non-hydrogen) atoms. The molecule has 90 valence electrons. The van der Waals surface area contributed by atoms with Crippen LogP contribution in [-0.4, -0.2) is 12.1 Å². The number of hydrogen-bond acceptors (Lipinski definition) is 2. The Labute approximate surface area is 106 Å². The van der Waals surface area contributed by atoms with E-state index in [1.165, 1.54) is 0 Å². The van der Waals surface area contributed by atoms with E-state index in [-0.39, 0.29) is 12.1 Å². The highest BCUT2D eigenvalue weighted by molar-refractivity contribution is 6.31. The van der Waals surface area contributed by atoms with E-state index in [1.54, 1.807) is 18.2 Å². The number of hydrogen-bond donors (Lipinski definition) is 2. The Bertz CT molecular complexity index is 454. The quantitative estimate of drug-likeness (QED) is 0.867. The molecule has 5 heteroatoms. The Balaban J connectivity index is 2.69. The maximum absolute atomic E-state index is 11.5. The third-order valence-corrected chi connectivity index (χ3v) is 2.66. The van der Waals surface area contributed by atoms with Crippen molar-refractivity contribution < 1.29 is 4.79 Å². The molecule has 2 N–H and O–H groups in total. The first-order valence-electron chi connectivity index (χ1n) is 5.34. The SMILES string of the molecule is CC[C@@H](C)NC(=O)Nc1ccc(Cl)c(C#N)c1. The second-order valence-corrected chi connectivity index (χ2v) is 4.12. The average molecular weight is 252 g/mol. The highest BCUT2D eigenvalue weighted by atomic mass is 35.5. The van der Waals surface area contributed by atoms with Crippen LogP contribution in [0.15, 0.2) is 18.2 Å². The number of carbonyl (C=O) groups is 1. The number of nitrogens with one attached hydrogen (secondary N) is 2. The third-order valence-electron chi connectivity index (χ3n) is 2.33. The Hall–Kier alpha value is -1.73. The lowest BCUT2D eigenvalue weighted by Crippen LogP contribution is -2.35. The molecule has 0 bridgehead atoms. The van der Waals surface area contributed by atoms with E-state index in [1.807, 2.05) is 19.9 Å². The van der Waals surface area contributed by atoms with Crippen molar-refractivity contribution in [2.75, 3.05) is 5.32 Å². The van der Waals surface area contributed by atoms with Crippen LogP contribution in [0.25, 0.3) is 0 Å². The molecular formula is C12H14ClN3O. The molecule has 2 amide bonds. The van der Waals surface area contributed by atoms with Crippen molar-refractivity contribution in [3.8, 4) is 6.07 Å². The van der Waals surface area contributed by atoms with Gasteiger partial charge in [-0.05, 0) is 31.5 Å². The average Bonchev–Trinajstić information content (AvgIpc) is 2.31. The van der Waals surface area contributed by atoms with Gasteiger partial charge < -0.3 is 10.6 Å². The zero-order chi connectivity index (χ0) is 12.8. The summed E-state index contributed by atoms with van der Waals surface area (Å²) in [7, 11) is 0. The number of carbonyl (C=O) groups excluding carboxylic acids is 1. The van der Waals surface area contributed by atoms with Gasteiger partial charge in [0, 0.05) is 11.7 Å². The number of urea groups is 1. The van der Waals surface area contributed by atoms with E-state index in [4.69, 9.17) is 16.9 Å². The lowest BCUT2D eigenvalue weighted by atomic mass is 10.2. The van der Waals surface area contributed by atoms with Crippen molar-refractivity contribution in [2.24, 2.45) is 0 Å². The highest BCUT2D eigenvalue weighted by Gasteiger charge is 2.07. The van der Waals surface area contributed by atoms with Gasteiger partial charge in [0.2, 0.25) is 0 Å². The minimum atomic E-state index is -0.287. The number of amides is 2. The lowest BCUT2D eigenvalue weighted by molar-refractivity contribution is 0.249. The monoisotopic (exact) mass is 251 g/mol. The summed E-state index contributed by atoms with van der Waals surface area (Å²) in [5, 5.41) is 14.6. The Kier molecular flexibility index (Phi) is 4.80. The summed E-state index contributed by atoms with van der Waals surface area (Å²) in [5.74, 6) is 0. The molecule has 0 heterocycles. The van der Waals surface area contributed by atoms with Crippen molar-refractivity contribution >= 4 is 23.3 Å².